The topological polar surface area (TPSA) is 0 Å². The molecule has 0 unspecified atom stereocenters. The Morgan fingerprint density at radius 1 is 1.00 bits per heavy atom. The van der Waals surface area contributed by atoms with Crippen LogP contribution in [0, 0.1) is 21.1 Å². The van der Waals surface area contributed by atoms with Gasteiger partial charge in [0, 0.05) is 0 Å². The first-order valence-electron chi connectivity index (χ1n) is 6.83. The second kappa shape index (κ2) is 7.50. The van der Waals surface area contributed by atoms with Gasteiger partial charge in [-0.3, -0.25) is 0 Å². The van der Waals surface area contributed by atoms with Gasteiger partial charge >= 0.3 is 123 Å². The van der Waals surface area contributed by atoms with E-state index in [2.05, 4.69) is 0 Å². The Bertz CT molecular complexity index is 380. The minimum absolute atomic E-state index is 0.213. The number of benzene rings is 1. The van der Waals surface area contributed by atoms with Crippen LogP contribution in [0.2, 0.25) is 0 Å². The van der Waals surface area contributed by atoms with E-state index < -0.39 is 11.6 Å². The van der Waals surface area contributed by atoms with E-state index in [1.165, 1.54) is 12.1 Å². The minimum atomic E-state index is -0.466. The second-order valence-corrected chi connectivity index (χ2v) is 8.78. The molecular formula is C15H19F3I-. The molecule has 1 aromatic carbocycles. The van der Waals surface area contributed by atoms with Gasteiger partial charge in [-0.1, -0.05) is 0 Å². The van der Waals surface area contributed by atoms with Gasteiger partial charge < -0.3 is 0 Å². The molecule has 0 amide bonds. The molecule has 1 aromatic rings. The summed E-state index contributed by atoms with van der Waals surface area (Å²) in [5, 5.41) is 0. The number of hydrogen-bond acceptors (Lipinski definition) is 0. The molecule has 0 nitrogen and oxygen atoms in total. The van der Waals surface area contributed by atoms with Gasteiger partial charge in [-0.15, -0.1) is 0 Å². The maximum atomic E-state index is 13.1. The molecule has 1 saturated carbocycles. The van der Waals surface area contributed by atoms with Crippen molar-refractivity contribution in [2.45, 2.75) is 42.4 Å². The fourth-order valence-electron chi connectivity index (χ4n) is 2.65. The van der Waals surface area contributed by atoms with Gasteiger partial charge in [0.1, 0.15) is 0 Å². The second-order valence-electron chi connectivity index (χ2n) is 5.15. The first kappa shape index (κ1) is 15.1. The molecule has 0 aliphatic heterocycles. The summed E-state index contributed by atoms with van der Waals surface area (Å²) in [6, 6.07) is 3.89. The van der Waals surface area contributed by atoms with E-state index in [1.807, 2.05) is 0 Å². The van der Waals surface area contributed by atoms with Crippen LogP contribution in [-0.4, -0.2) is 10.6 Å². The van der Waals surface area contributed by atoms with Gasteiger partial charge in [0.05, 0.1) is 0 Å². The van der Waals surface area contributed by atoms with Crippen molar-refractivity contribution >= 4 is 0 Å². The molecule has 0 aromatic heterocycles. The average Bonchev–Trinajstić information content (AvgIpc) is 2.37. The zero-order chi connectivity index (χ0) is 13.7. The summed E-state index contributed by atoms with van der Waals surface area (Å²) in [5.74, 6) is -0.266. The number of halogens is 4. The van der Waals surface area contributed by atoms with E-state index in [-0.39, 0.29) is 27.9 Å². The van der Waals surface area contributed by atoms with E-state index in [9.17, 15) is 13.2 Å². The van der Waals surface area contributed by atoms with Crippen molar-refractivity contribution in [1.29, 1.82) is 0 Å². The number of rotatable bonds is 5. The maximum absolute atomic E-state index is 13.1. The third kappa shape index (κ3) is 4.97. The van der Waals surface area contributed by atoms with Crippen LogP contribution in [-0.2, 0) is 0 Å². The van der Waals surface area contributed by atoms with Crippen LogP contribution < -0.4 is 21.2 Å². The molecule has 4 heteroatoms. The summed E-state index contributed by atoms with van der Waals surface area (Å²) in [5.41, 5.74) is 0. The average molecular weight is 383 g/mol. The normalized spacial score (nSPS) is 23.7. The molecule has 0 saturated heterocycles. The molecule has 1 fully saturated rings. The van der Waals surface area contributed by atoms with Crippen molar-refractivity contribution in [2.24, 2.45) is 5.92 Å². The molecule has 1 aliphatic carbocycles. The Balaban J connectivity index is 1.82. The fourth-order valence-corrected chi connectivity index (χ4v) is 5.96. The Morgan fingerprint density at radius 3 is 2.21 bits per heavy atom. The van der Waals surface area contributed by atoms with Crippen molar-refractivity contribution in [3.63, 3.8) is 0 Å². The summed E-state index contributed by atoms with van der Waals surface area (Å²) < 4.78 is 39.9. The van der Waals surface area contributed by atoms with E-state index in [1.54, 1.807) is 0 Å². The summed E-state index contributed by atoms with van der Waals surface area (Å²) in [4.78, 5) is 0. The molecular weight excluding hydrogens is 364 g/mol. The summed E-state index contributed by atoms with van der Waals surface area (Å²) >= 11 is -0.315. The molecule has 0 heterocycles. The van der Waals surface area contributed by atoms with Crippen molar-refractivity contribution in [2.75, 3.05) is 6.67 Å². The van der Waals surface area contributed by atoms with Gasteiger partial charge in [-0.2, -0.15) is 0 Å². The number of alkyl halides is 2. The van der Waals surface area contributed by atoms with Crippen molar-refractivity contribution < 1.29 is 34.4 Å². The van der Waals surface area contributed by atoms with Crippen LogP contribution in [0.3, 0.4) is 0 Å². The zero-order valence-electron chi connectivity index (χ0n) is 10.8. The Morgan fingerprint density at radius 2 is 1.63 bits per heavy atom. The van der Waals surface area contributed by atoms with E-state index in [4.69, 9.17) is 0 Å². The summed E-state index contributed by atoms with van der Waals surface area (Å²) in [6.07, 6.45) is 6.27. The zero-order valence-corrected chi connectivity index (χ0v) is 13.0. The van der Waals surface area contributed by atoms with Gasteiger partial charge in [-0.25, -0.2) is 0 Å². The third-order valence-electron chi connectivity index (χ3n) is 3.63. The van der Waals surface area contributed by atoms with Crippen molar-refractivity contribution in [3.8, 4) is 0 Å². The number of hydrogen-bond donors (Lipinski definition) is 0. The van der Waals surface area contributed by atoms with Crippen LogP contribution in [0.1, 0.15) is 38.5 Å². The van der Waals surface area contributed by atoms with Gasteiger partial charge in [0.25, 0.3) is 0 Å². The van der Waals surface area contributed by atoms with Crippen LogP contribution in [0.25, 0.3) is 0 Å². The van der Waals surface area contributed by atoms with Crippen molar-refractivity contribution in [1.82, 2.24) is 0 Å². The van der Waals surface area contributed by atoms with Gasteiger partial charge in [-0.05, 0) is 0 Å². The van der Waals surface area contributed by atoms with E-state index in [0.29, 0.717) is 16.3 Å². The molecule has 108 valence electrons. The van der Waals surface area contributed by atoms with Crippen molar-refractivity contribution in [3.05, 3.63) is 33.4 Å². The Labute approximate surface area is 123 Å². The molecule has 0 bridgehead atoms. The predicted octanol–water partition coefficient (Wildman–Crippen LogP) is 1.53. The summed E-state index contributed by atoms with van der Waals surface area (Å²) in [7, 11) is 0. The van der Waals surface area contributed by atoms with Gasteiger partial charge in [0.2, 0.25) is 0 Å². The molecule has 1 aliphatic rings. The quantitative estimate of drug-likeness (QED) is 0.535. The molecule has 0 atom stereocenters. The standard InChI is InChI=1S/C15H19F3I/c16-7-1-2-11-3-5-14(6-4-11)19-15-9-12(17)8-13(18)10-15/h8-11,14H,1-7H2/q-1. The first-order chi connectivity index (χ1) is 9.17. The van der Waals surface area contributed by atoms with E-state index >= 15 is 0 Å². The van der Waals surface area contributed by atoms with Crippen LogP contribution in [0.5, 0.6) is 0 Å². The van der Waals surface area contributed by atoms with Gasteiger partial charge in [0.15, 0.2) is 0 Å². The SMILES string of the molecule is FCCCC1CCC([I-]c2cc(F)cc(F)c2)CC1. The molecule has 0 N–H and O–H groups in total. The third-order valence-corrected chi connectivity index (χ3v) is 7.10. The fraction of sp³-hybridized carbons (Fsp3) is 0.600. The van der Waals surface area contributed by atoms with Crippen LogP contribution in [0.4, 0.5) is 13.2 Å². The molecule has 0 spiro atoms. The molecule has 2 rings (SSSR count). The first-order valence-corrected chi connectivity index (χ1v) is 9.15. The monoisotopic (exact) mass is 383 g/mol. The van der Waals surface area contributed by atoms with E-state index in [0.717, 1.165) is 41.7 Å². The predicted molar refractivity (Wildman–Crippen MR) is 66.0 cm³/mol. The molecule has 19 heavy (non-hydrogen) atoms. The summed E-state index contributed by atoms with van der Waals surface area (Å²) in [6.45, 7) is -0.213. The van der Waals surface area contributed by atoms with Crippen LogP contribution in [0.15, 0.2) is 18.2 Å². The van der Waals surface area contributed by atoms with Crippen LogP contribution >= 0.6 is 0 Å². The Kier molecular flexibility index (Phi) is 5.98. The Hall–Kier alpha value is -0.260. The molecule has 0 radical (unpaired) electrons.